The van der Waals surface area contributed by atoms with Crippen LogP contribution in [0, 0.1) is 0 Å². The Bertz CT molecular complexity index is 273. The molecule has 0 bridgehead atoms. The maximum Gasteiger partial charge on any atom is 0.238 e. The number of hydrogen-bond acceptors (Lipinski definition) is 3. The average Bonchev–Trinajstić information content (AvgIpc) is 2.39. The Balaban J connectivity index is 2.86. The minimum absolute atomic E-state index is 0.641. The molecule has 0 saturated carbocycles. The molecule has 11 heavy (non-hydrogen) atoms. The molecular formula is C7H9N3S. The monoisotopic (exact) mass is 167 g/mol. The van der Waals surface area contributed by atoms with E-state index in [1.807, 2.05) is 10.8 Å². The van der Waals surface area contributed by atoms with Crippen LogP contribution in [0.3, 0.4) is 0 Å². The molecule has 0 fully saturated rings. The fourth-order valence-corrected chi connectivity index (χ4v) is 0.952. The summed E-state index contributed by atoms with van der Waals surface area (Å²) in [5, 5.41) is 2.29. The van der Waals surface area contributed by atoms with Crippen LogP contribution in [0.25, 0.3) is 0 Å². The van der Waals surface area contributed by atoms with Gasteiger partial charge in [0.1, 0.15) is 0 Å². The van der Waals surface area contributed by atoms with Gasteiger partial charge in [-0.15, -0.1) is 0 Å². The van der Waals surface area contributed by atoms with Crippen LogP contribution in [-0.2, 0) is 6.54 Å². The Labute approximate surface area is 70.8 Å². The van der Waals surface area contributed by atoms with Crippen molar-refractivity contribution in [2.45, 2.75) is 19.9 Å². The van der Waals surface area contributed by atoms with E-state index >= 15 is 0 Å². The zero-order valence-corrected chi connectivity index (χ0v) is 7.14. The van der Waals surface area contributed by atoms with Gasteiger partial charge in [-0.05, 0) is 18.6 Å². The van der Waals surface area contributed by atoms with Crippen molar-refractivity contribution in [3.8, 4) is 0 Å². The molecule has 0 radical (unpaired) electrons. The molecule has 0 unspecified atom stereocenters. The molecule has 0 aliphatic heterocycles. The highest BCUT2D eigenvalue weighted by molar-refractivity contribution is 7.78. The Hall–Kier alpha value is -0.990. The van der Waals surface area contributed by atoms with Gasteiger partial charge in [0.15, 0.2) is 0 Å². The second-order valence-corrected chi connectivity index (χ2v) is 2.31. The Morgan fingerprint density at radius 2 is 2.64 bits per heavy atom. The van der Waals surface area contributed by atoms with Gasteiger partial charge < -0.3 is 4.57 Å². The van der Waals surface area contributed by atoms with E-state index < -0.39 is 0 Å². The first-order chi connectivity index (χ1) is 5.38. The largest absolute Gasteiger partial charge is 0.315 e. The molecule has 1 aromatic rings. The van der Waals surface area contributed by atoms with Crippen LogP contribution >= 0.6 is 12.2 Å². The first-order valence-corrected chi connectivity index (χ1v) is 3.88. The number of thiocarbonyl (C=S) groups is 1. The predicted octanol–water partition coefficient (Wildman–Crippen LogP) is 2.03. The fourth-order valence-electron chi connectivity index (χ4n) is 0.871. The van der Waals surface area contributed by atoms with Crippen LogP contribution in [0.2, 0.25) is 0 Å². The number of aliphatic imine (C=N–C) groups is 1. The second kappa shape index (κ2) is 4.01. The maximum absolute atomic E-state index is 4.47. The molecule has 0 atom stereocenters. The minimum Gasteiger partial charge on any atom is -0.315 e. The molecule has 1 rings (SSSR count). The smallest absolute Gasteiger partial charge is 0.238 e. The van der Waals surface area contributed by atoms with Crippen LogP contribution in [0.4, 0.5) is 5.95 Å². The van der Waals surface area contributed by atoms with Crippen molar-refractivity contribution in [2.75, 3.05) is 0 Å². The van der Waals surface area contributed by atoms with Crippen molar-refractivity contribution in [1.29, 1.82) is 0 Å². The highest BCUT2D eigenvalue weighted by Crippen LogP contribution is 2.07. The number of aromatic nitrogens is 2. The van der Waals surface area contributed by atoms with Crippen LogP contribution in [0.15, 0.2) is 17.4 Å². The van der Waals surface area contributed by atoms with Gasteiger partial charge in [0, 0.05) is 18.9 Å². The van der Waals surface area contributed by atoms with E-state index in [0.29, 0.717) is 5.95 Å². The molecule has 1 aromatic heterocycles. The van der Waals surface area contributed by atoms with E-state index in [2.05, 4.69) is 34.3 Å². The number of isothiocyanates is 1. The molecule has 0 aromatic carbocycles. The average molecular weight is 167 g/mol. The third-order valence-corrected chi connectivity index (χ3v) is 1.39. The van der Waals surface area contributed by atoms with Gasteiger partial charge in [-0.2, -0.15) is 4.99 Å². The molecule has 0 aliphatic carbocycles. The molecule has 0 saturated heterocycles. The Morgan fingerprint density at radius 1 is 1.82 bits per heavy atom. The van der Waals surface area contributed by atoms with Crippen LogP contribution < -0.4 is 0 Å². The fraction of sp³-hybridized carbons (Fsp3) is 0.429. The van der Waals surface area contributed by atoms with Crippen molar-refractivity contribution in [3.63, 3.8) is 0 Å². The van der Waals surface area contributed by atoms with Crippen molar-refractivity contribution in [1.82, 2.24) is 9.55 Å². The molecule has 3 nitrogen and oxygen atoms in total. The summed E-state index contributed by atoms with van der Waals surface area (Å²) < 4.78 is 1.94. The molecule has 0 spiro atoms. The Morgan fingerprint density at radius 3 is 3.27 bits per heavy atom. The summed E-state index contributed by atoms with van der Waals surface area (Å²) in [6.07, 6.45) is 4.66. The van der Waals surface area contributed by atoms with Gasteiger partial charge in [-0.3, -0.25) is 0 Å². The summed E-state index contributed by atoms with van der Waals surface area (Å²) in [4.78, 5) is 7.79. The van der Waals surface area contributed by atoms with E-state index in [4.69, 9.17) is 0 Å². The van der Waals surface area contributed by atoms with Crippen molar-refractivity contribution >= 4 is 23.3 Å². The third kappa shape index (κ3) is 1.97. The van der Waals surface area contributed by atoms with E-state index in [1.165, 1.54) is 0 Å². The van der Waals surface area contributed by atoms with E-state index in [1.54, 1.807) is 6.20 Å². The number of imidazole rings is 1. The minimum atomic E-state index is 0.641. The lowest BCUT2D eigenvalue weighted by Crippen LogP contribution is -1.93. The van der Waals surface area contributed by atoms with Gasteiger partial charge in [0.05, 0.1) is 5.16 Å². The Kier molecular flexibility index (Phi) is 2.95. The van der Waals surface area contributed by atoms with Crippen molar-refractivity contribution in [3.05, 3.63) is 12.4 Å². The maximum atomic E-state index is 4.47. The number of rotatable bonds is 3. The summed E-state index contributed by atoms with van der Waals surface area (Å²) in [6, 6.07) is 0. The third-order valence-electron chi connectivity index (χ3n) is 1.30. The van der Waals surface area contributed by atoms with Gasteiger partial charge in [-0.1, -0.05) is 6.92 Å². The first kappa shape index (κ1) is 8.11. The number of aryl methyl sites for hydroxylation is 1. The highest BCUT2D eigenvalue weighted by atomic mass is 32.1. The topological polar surface area (TPSA) is 30.2 Å². The summed E-state index contributed by atoms with van der Waals surface area (Å²) in [5.74, 6) is 0.641. The molecule has 0 N–H and O–H groups in total. The lowest BCUT2D eigenvalue weighted by Gasteiger charge is -1.98. The summed E-state index contributed by atoms with van der Waals surface area (Å²) >= 11 is 4.47. The standard InChI is InChI=1S/C7H9N3S/c1-2-4-10-5-3-8-7(10)9-6-11/h3,5H,2,4H2,1H3. The summed E-state index contributed by atoms with van der Waals surface area (Å²) in [7, 11) is 0. The lowest BCUT2D eigenvalue weighted by molar-refractivity contribution is 0.682. The van der Waals surface area contributed by atoms with E-state index in [9.17, 15) is 0 Å². The molecule has 0 aliphatic rings. The van der Waals surface area contributed by atoms with Crippen LogP contribution in [0.1, 0.15) is 13.3 Å². The zero-order valence-electron chi connectivity index (χ0n) is 6.32. The normalized spacial score (nSPS) is 9.18. The highest BCUT2D eigenvalue weighted by Gasteiger charge is 1.96. The molecular weight excluding hydrogens is 158 g/mol. The molecule has 4 heteroatoms. The zero-order chi connectivity index (χ0) is 8.10. The molecule has 1 heterocycles. The van der Waals surface area contributed by atoms with Crippen LogP contribution in [0.5, 0.6) is 0 Å². The van der Waals surface area contributed by atoms with E-state index in [0.717, 1.165) is 13.0 Å². The van der Waals surface area contributed by atoms with Gasteiger partial charge in [-0.25, -0.2) is 4.98 Å². The van der Waals surface area contributed by atoms with Gasteiger partial charge in [0.2, 0.25) is 5.95 Å². The SMILES string of the molecule is CCCn1ccnc1N=C=S. The van der Waals surface area contributed by atoms with Gasteiger partial charge >= 0.3 is 0 Å². The lowest BCUT2D eigenvalue weighted by atomic mass is 10.5. The molecule has 0 amide bonds. The number of nitrogens with zero attached hydrogens (tertiary/aromatic N) is 3. The first-order valence-electron chi connectivity index (χ1n) is 3.47. The second-order valence-electron chi connectivity index (χ2n) is 2.12. The summed E-state index contributed by atoms with van der Waals surface area (Å²) in [6.45, 7) is 3.03. The van der Waals surface area contributed by atoms with Crippen molar-refractivity contribution < 1.29 is 0 Å². The number of hydrogen-bond donors (Lipinski definition) is 0. The quantitative estimate of drug-likeness (QED) is 0.509. The van der Waals surface area contributed by atoms with Gasteiger partial charge in [0.25, 0.3) is 0 Å². The van der Waals surface area contributed by atoms with E-state index in [-0.39, 0.29) is 0 Å². The summed E-state index contributed by atoms with van der Waals surface area (Å²) in [5.41, 5.74) is 0. The van der Waals surface area contributed by atoms with Crippen molar-refractivity contribution in [2.24, 2.45) is 4.99 Å². The van der Waals surface area contributed by atoms with Crippen LogP contribution in [-0.4, -0.2) is 14.7 Å². The predicted molar refractivity (Wildman–Crippen MR) is 47.2 cm³/mol. The molecule has 58 valence electrons.